The van der Waals surface area contributed by atoms with E-state index in [9.17, 15) is 13.2 Å². The van der Waals surface area contributed by atoms with Gasteiger partial charge in [0.15, 0.2) is 6.79 Å². The first-order chi connectivity index (χ1) is 8.42. The van der Waals surface area contributed by atoms with Gasteiger partial charge < -0.3 is 15.2 Å². The average Bonchev–Trinajstić information content (AvgIpc) is 2.33. The largest absolute Gasteiger partial charge is 0.468 e. The predicted octanol–water partition coefficient (Wildman–Crippen LogP) is 3.01. The van der Waals surface area contributed by atoms with Crippen LogP contribution in [0, 0.1) is 0 Å². The minimum absolute atomic E-state index is 0.0412. The van der Waals surface area contributed by atoms with Gasteiger partial charge in [0.1, 0.15) is 12.4 Å². The standard InChI is InChI=1S/C12H16F3NO2/c1-2-11(16)9-3-5-10(6-4-9)18-8-17-7-12(13,14)15/h3-6,11H,2,7-8,16H2,1H3/t11-/m1/s1. The third-order valence-corrected chi connectivity index (χ3v) is 2.32. The Morgan fingerprint density at radius 3 is 2.33 bits per heavy atom. The molecule has 1 aromatic carbocycles. The van der Waals surface area contributed by atoms with Crippen molar-refractivity contribution in [2.24, 2.45) is 5.73 Å². The Hall–Kier alpha value is -1.27. The maximum atomic E-state index is 11.8. The van der Waals surface area contributed by atoms with E-state index in [1.54, 1.807) is 24.3 Å². The van der Waals surface area contributed by atoms with Crippen LogP contribution in [0.5, 0.6) is 5.75 Å². The number of halogens is 3. The number of hydrogen-bond donors (Lipinski definition) is 1. The molecule has 0 aliphatic heterocycles. The summed E-state index contributed by atoms with van der Waals surface area (Å²) in [5, 5.41) is 0. The van der Waals surface area contributed by atoms with Crippen LogP contribution in [0.25, 0.3) is 0 Å². The Morgan fingerprint density at radius 2 is 1.83 bits per heavy atom. The molecule has 0 saturated carbocycles. The quantitative estimate of drug-likeness (QED) is 0.634. The van der Waals surface area contributed by atoms with E-state index in [2.05, 4.69) is 4.74 Å². The van der Waals surface area contributed by atoms with Crippen molar-refractivity contribution in [3.63, 3.8) is 0 Å². The molecule has 0 aliphatic rings. The zero-order valence-electron chi connectivity index (χ0n) is 10.0. The molecule has 102 valence electrons. The van der Waals surface area contributed by atoms with Crippen LogP contribution in [0.15, 0.2) is 24.3 Å². The van der Waals surface area contributed by atoms with Gasteiger partial charge in [0.2, 0.25) is 0 Å². The molecule has 18 heavy (non-hydrogen) atoms. The van der Waals surface area contributed by atoms with Crippen molar-refractivity contribution >= 4 is 0 Å². The van der Waals surface area contributed by atoms with Crippen molar-refractivity contribution in [3.05, 3.63) is 29.8 Å². The van der Waals surface area contributed by atoms with Crippen molar-refractivity contribution in [3.8, 4) is 5.75 Å². The highest BCUT2D eigenvalue weighted by molar-refractivity contribution is 5.28. The molecular weight excluding hydrogens is 247 g/mol. The minimum Gasteiger partial charge on any atom is -0.468 e. The van der Waals surface area contributed by atoms with Gasteiger partial charge in [-0.3, -0.25) is 0 Å². The van der Waals surface area contributed by atoms with Crippen molar-refractivity contribution < 1.29 is 22.6 Å². The fraction of sp³-hybridized carbons (Fsp3) is 0.500. The van der Waals surface area contributed by atoms with E-state index < -0.39 is 19.6 Å². The van der Waals surface area contributed by atoms with Gasteiger partial charge in [0, 0.05) is 6.04 Å². The maximum Gasteiger partial charge on any atom is 0.411 e. The summed E-state index contributed by atoms with van der Waals surface area (Å²) >= 11 is 0. The Bertz CT molecular complexity index is 351. The molecule has 0 radical (unpaired) electrons. The van der Waals surface area contributed by atoms with Crippen molar-refractivity contribution in [1.29, 1.82) is 0 Å². The molecule has 1 rings (SSSR count). The smallest absolute Gasteiger partial charge is 0.411 e. The van der Waals surface area contributed by atoms with E-state index in [0.717, 1.165) is 12.0 Å². The zero-order chi connectivity index (χ0) is 13.6. The summed E-state index contributed by atoms with van der Waals surface area (Å²) in [6.45, 7) is 0.227. The second-order valence-electron chi connectivity index (χ2n) is 3.81. The van der Waals surface area contributed by atoms with Crippen LogP contribution in [0.2, 0.25) is 0 Å². The average molecular weight is 263 g/mol. The molecule has 0 amide bonds. The fourth-order valence-corrected chi connectivity index (χ4v) is 1.31. The molecule has 1 atom stereocenters. The van der Waals surface area contributed by atoms with Gasteiger partial charge in [-0.05, 0) is 24.1 Å². The summed E-state index contributed by atoms with van der Waals surface area (Å²) in [5.41, 5.74) is 6.78. The summed E-state index contributed by atoms with van der Waals surface area (Å²) in [7, 11) is 0. The molecule has 0 bridgehead atoms. The number of hydrogen-bond acceptors (Lipinski definition) is 3. The Labute approximate surface area is 104 Å². The van der Waals surface area contributed by atoms with Gasteiger partial charge in [0.25, 0.3) is 0 Å². The molecule has 6 heteroatoms. The van der Waals surface area contributed by atoms with Crippen LogP contribution in [0.4, 0.5) is 13.2 Å². The SMILES string of the molecule is CC[C@@H](N)c1ccc(OCOCC(F)(F)F)cc1. The van der Waals surface area contributed by atoms with Gasteiger partial charge in [-0.1, -0.05) is 19.1 Å². The first kappa shape index (κ1) is 14.8. The van der Waals surface area contributed by atoms with Crippen molar-refractivity contribution in [2.45, 2.75) is 25.6 Å². The van der Waals surface area contributed by atoms with Crippen molar-refractivity contribution in [1.82, 2.24) is 0 Å². The van der Waals surface area contributed by atoms with Crippen LogP contribution in [0.3, 0.4) is 0 Å². The van der Waals surface area contributed by atoms with Gasteiger partial charge in [-0.2, -0.15) is 13.2 Å². The van der Waals surface area contributed by atoms with Gasteiger partial charge in [0.05, 0.1) is 0 Å². The van der Waals surface area contributed by atoms with Gasteiger partial charge >= 0.3 is 6.18 Å². The summed E-state index contributed by atoms with van der Waals surface area (Å²) in [6.07, 6.45) is -3.52. The van der Waals surface area contributed by atoms with E-state index in [-0.39, 0.29) is 6.04 Å². The molecule has 2 N–H and O–H groups in total. The number of benzene rings is 1. The van der Waals surface area contributed by atoms with Crippen LogP contribution in [0.1, 0.15) is 24.9 Å². The molecule has 0 aromatic heterocycles. The second-order valence-corrected chi connectivity index (χ2v) is 3.81. The number of nitrogens with two attached hydrogens (primary N) is 1. The lowest BCUT2D eigenvalue weighted by Gasteiger charge is -2.11. The Balaban J connectivity index is 2.35. The first-order valence-corrected chi connectivity index (χ1v) is 5.55. The van der Waals surface area contributed by atoms with Crippen molar-refractivity contribution in [2.75, 3.05) is 13.4 Å². The number of rotatable bonds is 6. The number of alkyl halides is 3. The minimum atomic E-state index is -4.33. The third kappa shape index (κ3) is 5.37. The lowest BCUT2D eigenvalue weighted by Crippen LogP contribution is -2.19. The van der Waals surface area contributed by atoms with Gasteiger partial charge in [-0.25, -0.2) is 0 Å². The summed E-state index contributed by atoms with van der Waals surface area (Å²) in [5.74, 6) is 0.448. The predicted molar refractivity (Wildman–Crippen MR) is 61.2 cm³/mol. The van der Waals surface area contributed by atoms with Crippen LogP contribution >= 0.6 is 0 Å². The lowest BCUT2D eigenvalue weighted by atomic mass is 10.1. The van der Waals surface area contributed by atoms with E-state index in [1.165, 1.54) is 0 Å². The lowest BCUT2D eigenvalue weighted by molar-refractivity contribution is -0.186. The van der Waals surface area contributed by atoms with E-state index in [1.807, 2.05) is 6.92 Å². The third-order valence-electron chi connectivity index (χ3n) is 2.32. The number of ether oxygens (including phenoxy) is 2. The first-order valence-electron chi connectivity index (χ1n) is 5.55. The van der Waals surface area contributed by atoms with Crippen LogP contribution in [-0.2, 0) is 4.74 Å². The monoisotopic (exact) mass is 263 g/mol. The highest BCUT2D eigenvalue weighted by Crippen LogP contribution is 2.19. The van der Waals surface area contributed by atoms with Crippen LogP contribution in [-0.4, -0.2) is 19.6 Å². The van der Waals surface area contributed by atoms with Crippen LogP contribution < -0.4 is 10.5 Å². The highest BCUT2D eigenvalue weighted by atomic mass is 19.4. The fourth-order valence-electron chi connectivity index (χ4n) is 1.31. The molecule has 1 aromatic rings. The molecule has 0 unspecified atom stereocenters. The topological polar surface area (TPSA) is 44.5 Å². The van der Waals surface area contributed by atoms with Gasteiger partial charge in [-0.15, -0.1) is 0 Å². The molecular formula is C12H16F3NO2. The molecule has 0 spiro atoms. The Kier molecular flexibility index (Phi) is 5.43. The summed E-state index contributed by atoms with van der Waals surface area (Å²) in [6, 6.07) is 6.84. The van der Waals surface area contributed by atoms with E-state index in [0.29, 0.717) is 5.75 Å². The highest BCUT2D eigenvalue weighted by Gasteiger charge is 2.27. The summed E-state index contributed by atoms with van der Waals surface area (Å²) in [4.78, 5) is 0. The summed E-state index contributed by atoms with van der Waals surface area (Å²) < 4.78 is 44.6. The molecule has 0 fully saturated rings. The molecule has 0 aliphatic carbocycles. The molecule has 3 nitrogen and oxygen atoms in total. The zero-order valence-corrected chi connectivity index (χ0v) is 10.0. The molecule has 0 saturated heterocycles. The molecule has 0 heterocycles. The van der Waals surface area contributed by atoms with E-state index in [4.69, 9.17) is 10.5 Å². The van der Waals surface area contributed by atoms with E-state index >= 15 is 0 Å². The Morgan fingerprint density at radius 1 is 1.22 bits per heavy atom. The second kappa shape index (κ2) is 6.61. The normalized spacial score (nSPS) is 13.4. The maximum absolute atomic E-state index is 11.8.